The van der Waals surface area contributed by atoms with Gasteiger partial charge in [-0.05, 0) is 30.4 Å². The summed E-state index contributed by atoms with van der Waals surface area (Å²) in [4.78, 5) is 2.83. The van der Waals surface area contributed by atoms with E-state index in [0.717, 1.165) is 10.9 Å². The summed E-state index contributed by atoms with van der Waals surface area (Å²) in [5.41, 5.74) is 1.77. The first-order valence-electron chi connectivity index (χ1n) is 6.42. The van der Waals surface area contributed by atoms with Gasteiger partial charge in [0.1, 0.15) is 0 Å². The van der Waals surface area contributed by atoms with Crippen LogP contribution in [0.4, 0.5) is 11.4 Å². The van der Waals surface area contributed by atoms with E-state index < -0.39 is 0 Å². The van der Waals surface area contributed by atoms with Gasteiger partial charge in [-0.2, -0.15) is 0 Å². The molecule has 0 aliphatic rings. The number of H-pyrrole nitrogens is 1. The van der Waals surface area contributed by atoms with Gasteiger partial charge in [0.2, 0.25) is 11.0 Å². The molecule has 0 radical (unpaired) electrons. The third-order valence-electron chi connectivity index (χ3n) is 3.02. The van der Waals surface area contributed by atoms with Crippen LogP contribution in [-0.2, 0) is 0 Å². The highest BCUT2D eigenvalue weighted by atomic mass is 35.5. The Morgan fingerprint density at radius 2 is 1.86 bits per heavy atom. The molecular formula is C15H11ClN4OS. The Bertz CT molecular complexity index is 875. The van der Waals surface area contributed by atoms with Crippen molar-refractivity contribution in [3.05, 3.63) is 53.6 Å². The summed E-state index contributed by atoms with van der Waals surface area (Å²) in [6.07, 6.45) is 0. The summed E-state index contributed by atoms with van der Waals surface area (Å²) >= 11 is 11.1. The van der Waals surface area contributed by atoms with E-state index in [1.165, 1.54) is 0 Å². The SMILES string of the molecule is Oc1[nH]c2ccccc2c1N=NC(=S)Nc1ccccc1Cl. The van der Waals surface area contributed by atoms with Gasteiger partial charge in [-0.25, -0.2) is 0 Å². The number of aromatic nitrogens is 1. The molecule has 2 aromatic carbocycles. The summed E-state index contributed by atoms with van der Waals surface area (Å²) in [6.45, 7) is 0. The Kier molecular flexibility index (Phi) is 4.04. The number of hydrogen-bond donors (Lipinski definition) is 3. The van der Waals surface area contributed by atoms with Gasteiger partial charge >= 0.3 is 0 Å². The minimum atomic E-state index is -0.0505. The lowest BCUT2D eigenvalue weighted by molar-refractivity contribution is 0.459. The monoisotopic (exact) mass is 330 g/mol. The van der Waals surface area contributed by atoms with Gasteiger partial charge in [-0.15, -0.1) is 10.2 Å². The predicted molar refractivity (Wildman–Crippen MR) is 92.2 cm³/mol. The van der Waals surface area contributed by atoms with E-state index in [9.17, 15) is 5.11 Å². The molecule has 0 spiro atoms. The molecule has 0 aliphatic heterocycles. The fourth-order valence-corrected chi connectivity index (χ4v) is 2.35. The van der Waals surface area contributed by atoms with Crippen LogP contribution in [-0.4, -0.2) is 15.2 Å². The molecule has 7 heteroatoms. The van der Waals surface area contributed by atoms with Gasteiger partial charge < -0.3 is 15.4 Å². The first-order chi connectivity index (χ1) is 10.6. The van der Waals surface area contributed by atoms with Gasteiger partial charge in [0, 0.05) is 5.39 Å². The number of azo groups is 1. The molecule has 0 saturated heterocycles. The molecule has 0 amide bonds. The average molecular weight is 331 g/mol. The number of thiocarbonyl (C=S) groups is 1. The standard InChI is InChI=1S/C15H11ClN4OS/c16-10-6-2-4-8-12(10)18-15(22)20-19-13-9-5-1-3-7-11(9)17-14(13)21/h1-8,17,21H,(H,18,22). The van der Waals surface area contributed by atoms with Crippen LogP contribution in [0, 0.1) is 0 Å². The van der Waals surface area contributed by atoms with E-state index in [1.807, 2.05) is 36.4 Å². The number of halogens is 1. The Hall–Kier alpha value is -2.44. The normalized spacial score (nSPS) is 11.1. The predicted octanol–water partition coefficient (Wildman–Crippen LogP) is 5.01. The second-order valence-corrected chi connectivity index (χ2v) is 5.27. The molecule has 3 rings (SSSR count). The molecule has 0 fully saturated rings. The van der Waals surface area contributed by atoms with Crippen molar-refractivity contribution in [1.82, 2.24) is 4.98 Å². The highest BCUT2D eigenvalue weighted by Crippen LogP contribution is 2.35. The number of aromatic amines is 1. The first kappa shape index (κ1) is 14.5. The summed E-state index contributed by atoms with van der Waals surface area (Å²) in [6, 6.07) is 14.6. The van der Waals surface area contributed by atoms with Gasteiger partial charge in [-0.1, -0.05) is 41.9 Å². The van der Waals surface area contributed by atoms with Gasteiger partial charge in [0.25, 0.3) is 0 Å². The number of hydrogen-bond acceptors (Lipinski definition) is 3. The Morgan fingerprint density at radius 1 is 1.14 bits per heavy atom. The largest absolute Gasteiger partial charge is 0.493 e. The van der Waals surface area contributed by atoms with Crippen molar-refractivity contribution < 1.29 is 5.11 Å². The molecule has 0 bridgehead atoms. The van der Waals surface area contributed by atoms with Crippen LogP contribution in [0.3, 0.4) is 0 Å². The van der Waals surface area contributed by atoms with E-state index in [-0.39, 0.29) is 11.0 Å². The van der Waals surface area contributed by atoms with Crippen LogP contribution in [0.25, 0.3) is 10.9 Å². The van der Waals surface area contributed by atoms with Crippen molar-refractivity contribution in [2.45, 2.75) is 0 Å². The van der Waals surface area contributed by atoms with Crippen molar-refractivity contribution >= 4 is 51.2 Å². The maximum Gasteiger partial charge on any atom is 0.218 e. The Morgan fingerprint density at radius 3 is 2.68 bits per heavy atom. The Balaban J connectivity index is 1.82. The van der Waals surface area contributed by atoms with Crippen LogP contribution in [0.5, 0.6) is 5.88 Å². The molecule has 3 N–H and O–H groups in total. The zero-order valence-electron chi connectivity index (χ0n) is 11.2. The zero-order chi connectivity index (χ0) is 15.5. The smallest absolute Gasteiger partial charge is 0.218 e. The lowest BCUT2D eigenvalue weighted by Crippen LogP contribution is -2.05. The van der Waals surface area contributed by atoms with Crippen LogP contribution in [0.2, 0.25) is 5.02 Å². The molecule has 1 heterocycles. The molecule has 1 aromatic heterocycles. The summed E-state index contributed by atoms with van der Waals surface area (Å²) in [5.74, 6) is -0.0505. The lowest BCUT2D eigenvalue weighted by Gasteiger charge is -2.04. The molecule has 5 nitrogen and oxygen atoms in total. The zero-order valence-corrected chi connectivity index (χ0v) is 12.8. The van der Waals surface area contributed by atoms with Crippen LogP contribution in [0.1, 0.15) is 0 Å². The second-order valence-electron chi connectivity index (χ2n) is 4.48. The highest BCUT2D eigenvalue weighted by Gasteiger charge is 2.09. The number of fused-ring (bicyclic) bond motifs is 1. The Labute approximate surface area is 136 Å². The van der Waals surface area contributed by atoms with Gasteiger partial charge in [-0.3, -0.25) is 0 Å². The van der Waals surface area contributed by atoms with E-state index in [2.05, 4.69) is 20.5 Å². The van der Waals surface area contributed by atoms with Crippen molar-refractivity contribution in [1.29, 1.82) is 0 Å². The highest BCUT2D eigenvalue weighted by molar-refractivity contribution is 7.80. The van der Waals surface area contributed by atoms with Gasteiger partial charge in [0.15, 0.2) is 5.69 Å². The third kappa shape index (κ3) is 2.93. The van der Waals surface area contributed by atoms with E-state index >= 15 is 0 Å². The van der Waals surface area contributed by atoms with Crippen molar-refractivity contribution in [2.24, 2.45) is 10.2 Å². The van der Waals surface area contributed by atoms with E-state index in [0.29, 0.717) is 16.4 Å². The van der Waals surface area contributed by atoms with Crippen molar-refractivity contribution in [2.75, 3.05) is 5.32 Å². The van der Waals surface area contributed by atoms with E-state index in [4.69, 9.17) is 23.8 Å². The summed E-state index contributed by atoms with van der Waals surface area (Å²) in [5, 5.41) is 22.2. The van der Waals surface area contributed by atoms with Crippen LogP contribution in [0.15, 0.2) is 58.8 Å². The molecule has 0 atom stereocenters. The molecule has 22 heavy (non-hydrogen) atoms. The molecule has 3 aromatic rings. The third-order valence-corrected chi connectivity index (χ3v) is 3.53. The fraction of sp³-hybridized carbons (Fsp3) is 0. The molecule has 110 valence electrons. The minimum absolute atomic E-state index is 0.0505. The number of rotatable bonds is 2. The number of anilines is 1. The lowest BCUT2D eigenvalue weighted by atomic mass is 10.2. The first-order valence-corrected chi connectivity index (χ1v) is 7.20. The molecule has 0 saturated carbocycles. The molecular weight excluding hydrogens is 320 g/mol. The van der Waals surface area contributed by atoms with Crippen LogP contribution >= 0.6 is 23.8 Å². The quantitative estimate of drug-likeness (QED) is 0.457. The average Bonchev–Trinajstić information content (AvgIpc) is 2.83. The minimum Gasteiger partial charge on any atom is -0.493 e. The fourth-order valence-electron chi connectivity index (χ4n) is 2.01. The maximum absolute atomic E-state index is 9.89. The van der Waals surface area contributed by atoms with Crippen LogP contribution < -0.4 is 5.32 Å². The number of nitrogens with one attached hydrogen (secondary N) is 2. The maximum atomic E-state index is 9.89. The topological polar surface area (TPSA) is 72.8 Å². The second kappa shape index (κ2) is 6.13. The van der Waals surface area contributed by atoms with Crippen molar-refractivity contribution in [3.63, 3.8) is 0 Å². The van der Waals surface area contributed by atoms with E-state index in [1.54, 1.807) is 12.1 Å². The van der Waals surface area contributed by atoms with Gasteiger partial charge in [0.05, 0.1) is 16.2 Å². The molecule has 0 unspecified atom stereocenters. The number of benzene rings is 2. The number of para-hydroxylation sites is 2. The summed E-state index contributed by atoms with van der Waals surface area (Å²) < 4.78 is 0. The van der Waals surface area contributed by atoms with Crippen molar-refractivity contribution in [3.8, 4) is 5.88 Å². The number of nitrogens with zero attached hydrogens (tertiary/aromatic N) is 2. The summed E-state index contributed by atoms with van der Waals surface area (Å²) in [7, 11) is 0. The number of aromatic hydroxyl groups is 1. The molecule has 0 aliphatic carbocycles.